The van der Waals surface area contributed by atoms with Gasteiger partial charge in [-0.15, -0.1) is 0 Å². The van der Waals surface area contributed by atoms with E-state index < -0.39 is 4.92 Å². The van der Waals surface area contributed by atoms with E-state index in [2.05, 4.69) is 22.3 Å². The molecule has 0 aliphatic heterocycles. The minimum Gasteiger partial charge on any atom is -0.349 e. The summed E-state index contributed by atoms with van der Waals surface area (Å²) in [6.07, 6.45) is 7.01. The lowest BCUT2D eigenvalue weighted by molar-refractivity contribution is -0.384. The summed E-state index contributed by atoms with van der Waals surface area (Å²) in [5, 5.41) is 18.3. The van der Waals surface area contributed by atoms with Gasteiger partial charge in [-0.1, -0.05) is 19.8 Å². The smallest absolute Gasteiger partial charge is 0.295 e. The predicted molar refractivity (Wildman–Crippen MR) is 86.9 cm³/mol. The summed E-state index contributed by atoms with van der Waals surface area (Å²) in [4.78, 5) is 27.1. The molecule has 1 heterocycles. The highest BCUT2D eigenvalue weighted by Crippen LogP contribution is 2.26. The zero-order chi connectivity index (χ0) is 17.1. The van der Waals surface area contributed by atoms with Crippen LogP contribution in [-0.4, -0.2) is 31.6 Å². The molecule has 126 valence electrons. The van der Waals surface area contributed by atoms with Gasteiger partial charge < -0.3 is 5.32 Å². The second-order valence-corrected chi connectivity index (χ2v) is 6.14. The molecule has 0 bridgehead atoms. The van der Waals surface area contributed by atoms with Gasteiger partial charge in [-0.05, 0) is 30.9 Å². The van der Waals surface area contributed by atoms with Gasteiger partial charge in [0.15, 0.2) is 0 Å². The molecule has 1 aliphatic carbocycles. The predicted octanol–water partition coefficient (Wildman–Crippen LogP) is 2.48. The summed E-state index contributed by atoms with van der Waals surface area (Å²) in [6.45, 7) is 2.13. The highest BCUT2D eigenvalue weighted by atomic mass is 16.6. The first-order chi connectivity index (χ1) is 11.6. The van der Waals surface area contributed by atoms with E-state index in [1.807, 2.05) is 0 Å². The fraction of sp³-hybridized carbons (Fsp3) is 0.438. The molecule has 1 saturated carbocycles. The van der Waals surface area contributed by atoms with Crippen LogP contribution < -0.4 is 5.32 Å². The van der Waals surface area contributed by atoms with E-state index >= 15 is 0 Å². The molecule has 1 fully saturated rings. The largest absolute Gasteiger partial charge is 0.349 e. The quantitative estimate of drug-likeness (QED) is 0.685. The Labute approximate surface area is 139 Å². The van der Waals surface area contributed by atoms with Gasteiger partial charge in [0.2, 0.25) is 0 Å². The summed E-state index contributed by atoms with van der Waals surface area (Å²) in [6, 6.07) is 4.51. The van der Waals surface area contributed by atoms with E-state index in [1.165, 1.54) is 35.9 Å². The Morgan fingerprint density at radius 1 is 1.38 bits per heavy atom. The summed E-state index contributed by atoms with van der Waals surface area (Å²) in [5.41, 5.74) is 0.383. The van der Waals surface area contributed by atoms with Crippen LogP contribution in [-0.2, 0) is 0 Å². The van der Waals surface area contributed by atoms with Crippen LogP contribution in [0.2, 0.25) is 0 Å². The van der Waals surface area contributed by atoms with Crippen LogP contribution in [0.15, 0.2) is 30.9 Å². The van der Waals surface area contributed by atoms with Gasteiger partial charge in [0.05, 0.1) is 4.92 Å². The molecule has 0 radical (unpaired) electrons. The van der Waals surface area contributed by atoms with E-state index in [1.54, 1.807) is 6.07 Å². The Morgan fingerprint density at radius 2 is 2.17 bits per heavy atom. The summed E-state index contributed by atoms with van der Waals surface area (Å²) in [5.74, 6) is 0.147. The minimum atomic E-state index is -0.517. The lowest BCUT2D eigenvalue weighted by atomic mass is 9.86. The highest BCUT2D eigenvalue weighted by molar-refractivity contribution is 5.95. The molecule has 1 N–H and O–H groups in total. The van der Waals surface area contributed by atoms with Gasteiger partial charge in [0, 0.05) is 17.7 Å². The van der Waals surface area contributed by atoms with E-state index in [9.17, 15) is 14.9 Å². The highest BCUT2D eigenvalue weighted by Gasteiger charge is 2.25. The SMILES string of the molecule is C[C@@H]1CCCC[C@@H]1NC(=O)c1ccc(-n2cncn2)c([N+](=O)[O-])c1. The monoisotopic (exact) mass is 329 g/mol. The number of hydrogen-bond acceptors (Lipinski definition) is 5. The molecule has 1 amide bonds. The van der Waals surface area contributed by atoms with Crippen molar-refractivity contribution in [2.24, 2.45) is 5.92 Å². The van der Waals surface area contributed by atoms with Crippen LogP contribution in [0.5, 0.6) is 0 Å². The minimum absolute atomic E-state index is 0.125. The Bertz CT molecular complexity index is 744. The zero-order valence-electron chi connectivity index (χ0n) is 13.4. The molecule has 1 aromatic heterocycles. The molecule has 1 aliphatic rings. The maximum absolute atomic E-state index is 12.5. The van der Waals surface area contributed by atoms with E-state index in [-0.39, 0.29) is 28.9 Å². The number of nitro benzene ring substituents is 1. The van der Waals surface area contributed by atoms with Crippen LogP contribution in [0.4, 0.5) is 5.69 Å². The molecule has 2 atom stereocenters. The van der Waals surface area contributed by atoms with Crippen LogP contribution in [0.1, 0.15) is 43.0 Å². The Balaban J connectivity index is 1.84. The number of carbonyl (C=O) groups excluding carboxylic acids is 1. The second kappa shape index (κ2) is 6.77. The van der Waals surface area contributed by atoms with Crippen LogP contribution >= 0.6 is 0 Å². The van der Waals surface area contributed by atoms with Crippen molar-refractivity contribution in [1.82, 2.24) is 20.1 Å². The summed E-state index contributed by atoms with van der Waals surface area (Å²) < 4.78 is 1.31. The topological polar surface area (TPSA) is 103 Å². The normalized spacial score (nSPS) is 20.5. The van der Waals surface area contributed by atoms with Gasteiger partial charge in [-0.25, -0.2) is 9.67 Å². The van der Waals surface area contributed by atoms with Gasteiger partial charge >= 0.3 is 0 Å². The molecule has 8 nitrogen and oxygen atoms in total. The van der Waals surface area contributed by atoms with Crippen LogP contribution in [0.3, 0.4) is 0 Å². The number of rotatable bonds is 4. The van der Waals surface area contributed by atoms with Crippen molar-refractivity contribution in [1.29, 1.82) is 0 Å². The third kappa shape index (κ3) is 3.27. The first-order valence-electron chi connectivity index (χ1n) is 8.00. The lowest BCUT2D eigenvalue weighted by Crippen LogP contribution is -2.41. The zero-order valence-corrected chi connectivity index (χ0v) is 13.4. The van der Waals surface area contributed by atoms with Gasteiger partial charge in [-0.3, -0.25) is 14.9 Å². The van der Waals surface area contributed by atoms with Crippen molar-refractivity contribution in [2.45, 2.75) is 38.6 Å². The average molecular weight is 329 g/mol. The molecule has 0 spiro atoms. The fourth-order valence-corrected chi connectivity index (χ4v) is 3.12. The molecular formula is C16H19N5O3. The molecule has 8 heteroatoms. The van der Waals surface area contributed by atoms with E-state index in [0.29, 0.717) is 5.92 Å². The number of hydrogen-bond donors (Lipinski definition) is 1. The third-order valence-corrected chi connectivity index (χ3v) is 4.53. The van der Waals surface area contributed by atoms with Gasteiger partial charge in [-0.2, -0.15) is 5.10 Å². The van der Waals surface area contributed by atoms with Crippen molar-refractivity contribution in [2.75, 3.05) is 0 Å². The first-order valence-corrected chi connectivity index (χ1v) is 8.00. The van der Waals surface area contributed by atoms with Crippen molar-refractivity contribution in [3.63, 3.8) is 0 Å². The van der Waals surface area contributed by atoms with E-state index in [0.717, 1.165) is 19.3 Å². The standard InChI is InChI=1S/C16H19N5O3/c1-11-4-2-3-5-13(11)19-16(22)12-6-7-14(15(8-12)21(23)24)20-10-17-9-18-20/h6-11,13H,2-5H2,1H3,(H,19,22)/t11-,13+/m1/s1. The molecule has 2 aromatic rings. The van der Waals surface area contributed by atoms with Crippen molar-refractivity contribution in [3.8, 4) is 5.69 Å². The van der Waals surface area contributed by atoms with Gasteiger partial charge in [0.25, 0.3) is 11.6 Å². The van der Waals surface area contributed by atoms with Crippen LogP contribution in [0, 0.1) is 16.0 Å². The molecular weight excluding hydrogens is 310 g/mol. The third-order valence-electron chi connectivity index (χ3n) is 4.53. The number of nitrogens with one attached hydrogen (secondary N) is 1. The molecule has 1 aromatic carbocycles. The fourth-order valence-electron chi connectivity index (χ4n) is 3.12. The maximum atomic E-state index is 12.5. The first kappa shape index (κ1) is 16.1. The summed E-state index contributed by atoms with van der Waals surface area (Å²) in [7, 11) is 0. The van der Waals surface area contributed by atoms with Crippen LogP contribution in [0.25, 0.3) is 5.69 Å². The molecule has 0 saturated heterocycles. The number of nitro groups is 1. The number of benzene rings is 1. The average Bonchev–Trinajstić information content (AvgIpc) is 3.10. The van der Waals surface area contributed by atoms with Crippen molar-refractivity contribution in [3.05, 3.63) is 46.5 Å². The second-order valence-electron chi connectivity index (χ2n) is 6.14. The Hall–Kier alpha value is -2.77. The number of carbonyl (C=O) groups is 1. The van der Waals surface area contributed by atoms with Crippen molar-refractivity contribution < 1.29 is 9.72 Å². The number of amides is 1. The molecule has 3 rings (SSSR count). The number of nitrogens with zero attached hydrogens (tertiary/aromatic N) is 4. The van der Waals surface area contributed by atoms with Gasteiger partial charge in [0.1, 0.15) is 18.3 Å². The molecule has 24 heavy (non-hydrogen) atoms. The Kier molecular flexibility index (Phi) is 4.54. The maximum Gasteiger partial charge on any atom is 0.295 e. The molecule has 0 unspecified atom stereocenters. The van der Waals surface area contributed by atoms with E-state index in [4.69, 9.17) is 0 Å². The Morgan fingerprint density at radius 3 is 2.83 bits per heavy atom. The lowest BCUT2D eigenvalue weighted by Gasteiger charge is -2.29. The van der Waals surface area contributed by atoms with Crippen molar-refractivity contribution >= 4 is 11.6 Å². The number of aromatic nitrogens is 3. The summed E-state index contributed by atoms with van der Waals surface area (Å²) >= 11 is 0.